The van der Waals surface area contributed by atoms with Gasteiger partial charge in [-0.2, -0.15) is 13.2 Å². The Morgan fingerprint density at radius 1 is 1.07 bits per heavy atom. The van der Waals surface area contributed by atoms with Gasteiger partial charge in [-0.1, -0.05) is 40.2 Å². The van der Waals surface area contributed by atoms with Gasteiger partial charge >= 0.3 is 6.18 Å². The number of rotatable bonds is 3. The lowest BCUT2D eigenvalue weighted by Gasteiger charge is -2.06. The number of hydrogen-bond acceptors (Lipinski definition) is 0. The van der Waals surface area contributed by atoms with E-state index >= 15 is 0 Å². The Kier molecular flexibility index (Phi) is 4.39. The zero-order chi connectivity index (χ0) is 11.3. The van der Waals surface area contributed by atoms with E-state index in [0.717, 1.165) is 23.0 Å². The van der Waals surface area contributed by atoms with Gasteiger partial charge in [-0.3, -0.25) is 0 Å². The molecule has 0 radical (unpaired) electrons. The summed E-state index contributed by atoms with van der Waals surface area (Å²) in [4.78, 5) is 0. The van der Waals surface area contributed by atoms with E-state index in [1.165, 1.54) is 12.1 Å². The molecule has 0 heterocycles. The summed E-state index contributed by atoms with van der Waals surface area (Å²) < 4.78 is 36.6. The zero-order valence-electron chi connectivity index (χ0n) is 7.89. The van der Waals surface area contributed by atoms with E-state index in [2.05, 4.69) is 15.9 Å². The minimum absolute atomic E-state index is 0.601. The van der Waals surface area contributed by atoms with Crippen molar-refractivity contribution in [2.24, 2.45) is 0 Å². The summed E-state index contributed by atoms with van der Waals surface area (Å²) in [5.41, 5.74) is 0.274. The molecule has 0 aliphatic carbocycles. The molecule has 15 heavy (non-hydrogen) atoms. The first-order valence-electron chi connectivity index (χ1n) is 4.41. The minimum Gasteiger partial charge on any atom is -0.166 e. The highest BCUT2D eigenvalue weighted by atomic mass is 79.9. The molecule has 4 heteroatoms. The van der Waals surface area contributed by atoms with E-state index in [9.17, 15) is 13.2 Å². The van der Waals surface area contributed by atoms with Gasteiger partial charge in [-0.15, -0.1) is 0 Å². The Balaban J connectivity index is 2.69. The van der Waals surface area contributed by atoms with Gasteiger partial charge in [0.2, 0.25) is 0 Å². The second-order valence-electron chi connectivity index (χ2n) is 3.02. The molecule has 0 saturated heterocycles. The summed E-state index contributed by atoms with van der Waals surface area (Å²) in [5.74, 6) is 0. The van der Waals surface area contributed by atoms with Crippen molar-refractivity contribution in [3.63, 3.8) is 0 Å². The summed E-state index contributed by atoms with van der Waals surface area (Å²) >= 11 is 3.23. The van der Waals surface area contributed by atoms with Gasteiger partial charge in [0.25, 0.3) is 0 Å². The maximum absolute atomic E-state index is 12.2. The van der Waals surface area contributed by atoms with Crippen LogP contribution in [-0.2, 0) is 12.6 Å². The minimum atomic E-state index is -4.25. The highest BCUT2D eigenvalue weighted by molar-refractivity contribution is 9.09. The molecule has 0 aromatic heterocycles. The van der Waals surface area contributed by atoms with E-state index < -0.39 is 11.7 Å². The smallest absolute Gasteiger partial charge is 0.166 e. The summed E-state index contributed by atoms with van der Waals surface area (Å²) in [6, 6.07) is 5.22. The number of allylic oxidation sites excluding steroid dienone is 2. The first-order valence-corrected chi connectivity index (χ1v) is 5.53. The van der Waals surface area contributed by atoms with Crippen molar-refractivity contribution in [1.82, 2.24) is 0 Å². The molecule has 0 nitrogen and oxygen atoms in total. The number of halogens is 4. The van der Waals surface area contributed by atoms with Crippen molar-refractivity contribution in [2.75, 3.05) is 5.33 Å². The number of benzene rings is 1. The highest BCUT2D eigenvalue weighted by Crippen LogP contribution is 2.29. The third kappa shape index (κ3) is 4.08. The standard InChI is InChI=1S/C11H10BrF3/c12-8-2-1-3-9-4-6-10(7-5-9)11(13,14)15/h1-2,4-7H,3,8H2/b2-1+. The lowest BCUT2D eigenvalue weighted by atomic mass is 10.1. The summed E-state index contributed by atoms with van der Waals surface area (Å²) in [7, 11) is 0. The molecule has 0 spiro atoms. The fraction of sp³-hybridized carbons (Fsp3) is 0.273. The fourth-order valence-electron chi connectivity index (χ4n) is 1.11. The third-order valence-electron chi connectivity index (χ3n) is 1.89. The van der Waals surface area contributed by atoms with Crippen LogP contribution in [-0.4, -0.2) is 5.33 Å². The Labute approximate surface area is 94.9 Å². The summed E-state index contributed by atoms with van der Waals surface area (Å²) in [6.45, 7) is 0. The fourth-order valence-corrected chi connectivity index (χ4v) is 1.38. The predicted molar refractivity (Wildman–Crippen MR) is 58.1 cm³/mol. The van der Waals surface area contributed by atoms with Crippen molar-refractivity contribution in [2.45, 2.75) is 12.6 Å². The molecule has 0 N–H and O–H groups in total. The second-order valence-corrected chi connectivity index (χ2v) is 3.67. The molecule has 0 unspecified atom stereocenters. The van der Waals surface area contributed by atoms with Crippen molar-refractivity contribution in [3.05, 3.63) is 47.5 Å². The van der Waals surface area contributed by atoms with Gasteiger partial charge in [0, 0.05) is 5.33 Å². The summed E-state index contributed by atoms with van der Waals surface area (Å²) in [5, 5.41) is 0.758. The SMILES string of the molecule is FC(F)(F)c1ccc(C/C=C/CBr)cc1. The van der Waals surface area contributed by atoms with Crippen LogP contribution in [0.1, 0.15) is 11.1 Å². The molecule has 0 amide bonds. The quantitative estimate of drug-likeness (QED) is 0.574. The Bertz CT molecular complexity index is 325. The molecule has 0 bridgehead atoms. The van der Waals surface area contributed by atoms with E-state index in [0.29, 0.717) is 6.42 Å². The van der Waals surface area contributed by atoms with Crippen LogP contribution in [0.4, 0.5) is 13.2 Å². The molecule has 0 aliphatic rings. The normalized spacial score (nSPS) is 12.3. The van der Waals surface area contributed by atoms with Crippen molar-refractivity contribution in [3.8, 4) is 0 Å². The topological polar surface area (TPSA) is 0 Å². The number of alkyl halides is 4. The van der Waals surface area contributed by atoms with Gasteiger partial charge in [0.1, 0.15) is 0 Å². The Morgan fingerprint density at radius 3 is 2.13 bits per heavy atom. The summed E-state index contributed by atoms with van der Waals surface area (Å²) in [6.07, 6.45) is 0.239. The van der Waals surface area contributed by atoms with Gasteiger partial charge in [0.05, 0.1) is 5.56 Å². The first kappa shape index (κ1) is 12.3. The molecular formula is C11H10BrF3. The van der Waals surface area contributed by atoms with Crippen molar-refractivity contribution < 1.29 is 13.2 Å². The molecule has 0 aliphatic heterocycles. The first-order chi connectivity index (χ1) is 7.04. The molecule has 82 valence electrons. The number of hydrogen-bond donors (Lipinski definition) is 0. The second kappa shape index (κ2) is 5.35. The van der Waals surface area contributed by atoms with Crippen LogP contribution in [0, 0.1) is 0 Å². The van der Waals surface area contributed by atoms with Gasteiger partial charge in [-0.05, 0) is 24.1 Å². The van der Waals surface area contributed by atoms with E-state index in [-0.39, 0.29) is 0 Å². The van der Waals surface area contributed by atoms with Crippen LogP contribution < -0.4 is 0 Å². The molecule has 1 rings (SSSR count). The highest BCUT2D eigenvalue weighted by Gasteiger charge is 2.29. The van der Waals surface area contributed by atoms with E-state index in [1.807, 2.05) is 12.2 Å². The lowest BCUT2D eigenvalue weighted by molar-refractivity contribution is -0.137. The van der Waals surface area contributed by atoms with Crippen LogP contribution in [0.2, 0.25) is 0 Å². The maximum atomic E-state index is 12.2. The van der Waals surface area contributed by atoms with Crippen LogP contribution in [0.5, 0.6) is 0 Å². The molecule has 0 fully saturated rings. The predicted octanol–water partition coefficient (Wildman–Crippen LogP) is 4.20. The van der Waals surface area contributed by atoms with Crippen molar-refractivity contribution >= 4 is 15.9 Å². The average Bonchev–Trinajstić information content (AvgIpc) is 2.18. The molecule has 0 saturated carbocycles. The van der Waals surface area contributed by atoms with Crippen LogP contribution >= 0.6 is 15.9 Å². The van der Waals surface area contributed by atoms with Gasteiger partial charge in [0.15, 0.2) is 0 Å². The van der Waals surface area contributed by atoms with Crippen LogP contribution in [0.3, 0.4) is 0 Å². The zero-order valence-corrected chi connectivity index (χ0v) is 9.48. The van der Waals surface area contributed by atoms with Gasteiger partial charge < -0.3 is 0 Å². The van der Waals surface area contributed by atoms with Crippen molar-refractivity contribution in [1.29, 1.82) is 0 Å². The Hall–Kier alpha value is -0.770. The molecule has 1 aromatic rings. The van der Waals surface area contributed by atoms with E-state index in [4.69, 9.17) is 0 Å². The Morgan fingerprint density at radius 2 is 1.67 bits per heavy atom. The third-order valence-corrected chi connectivity index (χ3v) is 2.26. The van der Waals surface area contributed by atoms with Crippen LogP contribution in [0.15, 0.2) is 36.4 Å². The van der Waals surface area contributed by atoms with Crippen LogP contribution in [0.25, 0.3) is 0 Å². The van der Waals surface area contributed by atoms with E-state index in [1.54, 1.807) is 0 Å². The largest absolute Gasteiger partial charge is 0.416 e. The molecule has 1 aromatic carbocycles. The van der Waals surface area contributed by atoms with Gasteiger partial charge in [-0.25, -0.2) is 0 Å². The monoisotopic (exact) mass is 278 g/mol. The maximum Gasteiger partial charge on any atom is 0.416 e. The average molecular weight is 279 g/mol. The lowest BCUT2D eigenvalue weighted by Crippen LogP contribution is -2.04. The molecular weight excluding hydrogens is 269 g/mol. The molecule has 0 atom stereocenters.